The molecule has 0 fully saturated rings. The van der Waals surface area contributed by atoms with Crippen LogP contribution in [0.5, 0.6) is 0 Å². The summed E-state index contributed by atoms with van der Waals surface area (Å²) in [5, 5.41) is 0. The van der Waals surface area contributed by atoms with Crippen LogP contribution in [0.1, 0.15) is 35.3 Å². The highest BCUT2D eigenvalue weighted by molar-refractivity contribution is 5.95. The molecule has 0 aliphatic rings. The molecule has 1 aromatic carbocycles. The van der Waals surface area contributed by atoms with Crippen LogP contribution in [-0.2, 0) is 21.9 Å². The predicted octanol–water partition coefficient (Wildman–Crippen LogP) is 4.00. The number of methoxy groups -OCH3 is 1. The first kappa shape index (κ1) is 21.8. The maximum Gasteiger partial charge on any atom is 0.416 e. The van der Waals surface area contributed by atoms with Gasteiger partial charge in [-0.2, -0.15) is 26.3 Å². The molecular formula is C16H17F6NO3. The van der Waals surface area contributed by atoms with Crippen molar-refractivity contribution in [3.63, 3.8) is 0 Å². The second kappa shape index (κ2) is 7.96. The normalized spacial score (nSPS) is 13.3. The molecule has 0 aliphatic carbocycles. The van der Waals surface area contributed by atoms with Gasteiger partial charge in [0.1, 0.15) is 0 Å². The van der Waals surface area contributed by atoms with Gasteiger partial charge in [0.2, 0.25) is 0 Å². The fourth-order valence-corrected chi connectivity index (χ4v) is 2.22. The molecule has 0 saturated carbocycles. The van der Waals surface area contributed by atoms with Crippen LogP contribution in [0.4, 0.5) is 26.3 Å². The lowest BCUT2D eigenvalue weighted by Gasteiger charge is -2.24. The molecule has 0 heterocycles. The van der Waals surface area contributed by atoms with Crippen LogP contribution in [-0.4, -0.2) is 37.0 Å². The summed E-state index contributed by atoms with van der Waals surface area (Å²) in [7, 11) is 1.12. The Morgan fingerprint density at radius 2 is 1.50 bits per heavy atom. The highest BCUT2D eigenvalue weighted by Crippen LogP contribution is 2.36. The number of halogens is 6. The number of benzene rings is 1. The summed E-state index contributed by atoms with van der Waals surface area (Å²) in [6.45, 7) is 2.69. The standard InChI is InChI=1S/C16H17F6NO3/c1-4-23(8-9(2)14(25)26-3)13(24)10-5-11(15(17,18)19)7-12(6-10)16(20,21)22/h5-7,9H,4,8H2,1-3H3. The van der Waals surface area contributed by atoms with Crippen molar-refractivity contribution in [3.8, 4) is 0 Å². The third-order valence-corrected chi connectivity index (χ3v) is 3.60. The molecule has 0 aromatic heterocycles. The Morgan fingerprint density at radius 1 is 1.04 bits per heavy atom. The van der Waals surface area contributed by atoms with Crippen molar-refractivity contribution in [2.45, 2.75) is 26.2 Å². The van der Waals surface area contributed by atoms with Crippen molar-refractivity contribution in [1.29, 1.82) is 0 Å². The van der Waals surface area contributed by atoms with Crippen molar-refractivity contribution in [2.75, 3.05) is 20.2 Å². The largest absolute Gasteiger partial charge is 0.469 e. The number of esters is 1. The number of hydrogen-bond donors (Lipinski definition) is 0. The van der Waals surface area contributed by atoms with Crippen molar-refractivity contribution < 1.29 is 40.7 Å². The zero-order valence-electron chi connectivity index (χ0n) is 14.2. The molecule has 4 nitrogen and oxygen atoms in total. The fraction of sp³-hybridized carbons (Fsp3) is 0.500. The Morgan fingerprint density at radius 3 is 1.85 bits per heavy atom. The van der Waals surface area contributed by atoms with E-state index in [0.29, 0.717) is 12.1 Å². The lowest BCUT2D eigenvalue weighted by atomic mass is 10.0. The van der Waals surface area contributed by atoms with Gasteiger partial charge in [-0.1, -0.05) is 6.92 Å². The Hall–Kier alpha value is -2.26. The monoisotopic (exact) mass is 385 g/mol. The van der Waals surface area contributed by atoms with Crippen molar-refractivity contribution in [3.05, 3.63) is 34.9 Å². The summed E-state index contributed by atoms with van der Waals surface area (Å²) in [6.07, 6.45) is -10.1. The number of rotatable bonds is 5. The molecule has 1 aromatic rings. The summed E-state index contributed by atoms with van der Waals surface area (Å²) >= 11 is 0. The van der Waals surface area contributed by atoms with Crippen LogP contribution in [0.25, 0.3) is 0 Å². The molecule has 0 aliphatic heterocycles. The molecule has 26 heavy (non-hydrogen) atoms. The highest BCUT2D eigenvalue weighted by Gasteiger charge is 2.38. The molecule has 146 valence electrons. The molecule has 1 unspecified atom stereocenters. The van der Waals surface area contributed by atoms with E-state index in [9.17, 15) is 35.9 Å². The summed E-state index contributed by atoms with van der Waals surface area (Å²) in [5.74, 6) is -2.49. The molecule has 10 heteroatoms. The van der Waals surface area contributed by atoms with Crippen molar-refractivity contribution in [2.24, 2.45) is 5.92 Å². The average Bonchev–Trinajstić information content (AvgIpc) is 2.56. The quantitative estimate of drug-likeness (QED) is 0.569. The molecule has 0 N–H and O–H groups in total. The molecule has 1 amide bonds. The second-order valence-corrected chi connectivity index (χ2v) is 5.56. The van der Waals surface area contributed by atoms with E-state index in [-0.39, 0.29) is 19.2 Å². The minimum Gasteiger partial charge on any atom is -0.469 e. The van der Waals surface area contributed by atoms with Crippen LogP contribution in [0.15, 0.2) is 18.2 Å². The van der Waals surface area contributed by atoms with E-state index < -0.39 is 46.8 Å². The summed E-state index contributed by atoms with van der Waals surface area (Å²) in [6, 6.07) is 0.677. The number of carbonyl (C=O) groups excluding carboxylic acids is 2. The van der Waals surface area contributed by atoms with Crippen molar-refractivity contribution in [1.82, 2.24) is 4.90 Å². The number of hydrogen-bond acceptors (Lipinski definition) is 3. The van der Waals surface area contributed by atoms with Gasteiger partial charge in [-0.3, -0.25) is 9.59 Å². The third kappa shape index (κ3) is 5.37. The van der Waals surface area contributed by atoms with Crippen LogP contribution in [0, 0.1) is 5.92 Å². The first-order valence-electron chi connectivity index (χ1n) is 7.47. The van der Waals surface area contributed by atoms with E-state index in [2.05, 4.69) is 4.74 Å². The fourth-order valence-electron chi connectivity index (χ4n) is 2.22. The van der Waals surface area contributed by atoms with Gasteiger partial charge < -0.3 is 9.64 Å². The van der Waals surface area contributed by atoms with Crippen molar-refractivity contribution >= 4 is 11.9 Å². The van der Waals surface area contributed by atoms with E-state index in [1.165, 1.54) is 13.8 Å². The van der Waals surface area contributed by atoms with Gasteiger partial charge in [0, 0.05) is 18.7 Å². The summed E-state index contributed by atoms with van der Waals surface area (Å²) in [5.41, 5.74) is -3.91. The molecular weight excluding hydrogens is 368 g/mol. The molecule has 0 bridgehead atoms. The van der Waals surface area contributed by atoms with Gasteiger partial charge >= 0.3 is 18.3 Å². The number of alkyl halides is 6. The molecule has 1 atom stereocenters. The Kier molecular flexibility index (Phi) is 6.67. The zero-order chi connectivity index (χ0) is 20.3. The van der Waals surface area contributed by atoms with Gasteiger partial charge in [-0.15, -0.1) is 0 Å². The van der Waals surface area contributed by atoms with Gasteiger partial charge in [-0.25, -0.2) is 0 Å². The van der Waals surface area contributed by atoms with Crippen LogP contribution in [0.3, 0.4) is 0 Å². The number of amides is 1. The Labute approximate surface area is 145 Å². The number of nitrogens with zero attached hydrogens (tertiary/aromatic N) is 1. The summed E-state index contributed by atoms with van der Waals surface area (Å²) in [4.78, 5) is 24.8. The van der Waals surface area contributed by atoms with Gasteiger partial charge in [-0.05, 0) is 25.1 Å². The molecule has 1 rings (SSSR count). The van der Waals surface area contributed by atoms with Gasteiger partial charge in [0.25, 0.3) is 5.91 Å². The molecule has 0 radical (unpaired) electrons. The first-order chi connectivity index (χ1) is 11.8. The smallest absolute Gasteiger partial charge is 0.416 e. The lowest BCUT2D eigenvalue weighted by Crippen LogP contribution is -2.37. The van der Waals surface area contributed by atoms with Crippen LogP contribution >= 0.6 is 0 Å². The number of ether oxygens (including phenoxy) is 1. The maximum absolute atomic E-state index is 12.9. The minimum atomic E-state index is -5.05. The van der Waals surface area contributed by atoms with Crippen LogP contribution < -0.4 is 0 Å². The predicted molar refractivity (Wildman–Crippen MR) is 79.2 cm³/mol. The summed E-state index contributed by atoms with van der Waals surface area (Å²) < 4.78 is 81.8. The van der Waals surface area contributed by atoms with Gasteiger partial charge in [0.05, 0.1) is 24.2 Å². The zero-order valence-corrected chi connectivity index (χ0v) is 14.2. The first-order valence-corrected chi connectivity index (χ1v) is 7.47. The Balaban J connectivity index is 3.30. The van der Waals surface area contributed by atoms with E-state index in [1.807, 2.05) is 0 Å². The second-order valence-electron chi connectivity index (χ2n) is 5.56. The molecule has 0 spiro atoms. The third-order valence-electron chi connectivity index (χ3n) is 3.60. The van der Waals surface area contributed by atoms with E-state index in [0.717, 1.165) is 12.0 Å². The van der Waals surface area contributed by atoms with Gasteiger partial charge in [0.15, 0.2) is 0 Å². The minimum absolute atomic E-state index is 0.0161. The number of carbonyl (C=O) groups is 2. The van der Waals surface area contributed by atoms with E-state index in [4.69, 9.17) is 0 Å². The van der Waals surface area contributed by atoms with E-state index in [1.54, 1.807) is 0 Å². The highest BCUT2D eigenvalue weighted by atomic mass is 19.4. The average molecular weight is 385 g/mol. The Bertz CT molecular complexity index is 637. The van der Waals surface area contributed by atoms with Crippen LogP contribution in [0.2, 0.25) is 0 Å². The SMILES string of the molecule is CCN(CC(C)C(=O)OC)C(=O)c1cc(C(F)(F)F)cc(C(F)(F)F)c1. The lowest BCUT2D eigenvalue weighted by molar-refractivity contribution is -0.145. The van der Waals surface area contributed by atoms with E-state index >= 15 is 0 Å². The molecule has 0 saturated heterocycles. The maximum atomic E-state index is 12.9. The topological polar surface area (TPSA) is 46.6 Å².